The van der Waals surface area contributed by atoms with E-state index < -0.39 is 0 Å². The number of likely N-dealkylation sites (N-methyl/N-ethyl adjacent to an activating group) is 1. The molecule has 23 heavy (non-hydrogen) atoms. The van der Waals surface area contributed by atoms with Gasteiger partial charge in [-0.25, -0.2) is 0 Å². The fourth-order valence-electron chi connectivity index (χ4n) is 2.85. The maximum absolute atomic E-state index is 5.48. The van der Waals surface area contributed by atoms with Gasteiger partial charge >= 0.3 is 0 Å². The number of hydrogen-bond acceptors (Lipinski definition) is 1. The van der Waals surface area contributed by atoms with Crippen molar-refractivity contribution >= 4 is 0 Å². The van der Waals surface area contributed by atoms with Crippen LogP contribution >= 0.6 is 0 Å². The third-order valence-electron chi connectivity index (χ3n) is 4.80. The van der Waals surface area contributed by atoms with Crippen LogP contribution in [0.25, 0.3) is 0 Å². The number of nitrogens with zero attached hydrogens (tertiary/aromatic N) is 1. The van der Waals surface area contributed by atoms with Crippen LogP contribution in [0.5, 0.6) is 0 Å². The Balaban J connectivity index is 0. The van der Waals surface area contributed by atoms with Crippen LogP contribution < -0.4 is 17.0 Å². The zero-order valence-corrected chi connectivity index (χ0v) is 17.9. The van der Waals surface area contributed by atoms with Crippen molar-refractivity contribution in [3.8, 4) is 0 Å². The topological polar surface area (TPSA) is 9.23 Å². The van der Waals surface area contributed by atoms with Crippen molar-refractivity contribution in [3.63, 3.8) is 0 Å². The lowest BCUT2D eigenvalue weighted by atomic mass is 10.1. The lowest BCUT2D eigenvalue weighted by molar-refractivity contribution is -0.908. The van der Waals surface area contributed by atoms with E-state index in [1.54, 1.807) is 6.26 Å². The van der Waals surface area contributed by atoms with E-state index in [0.717, 1.165) is 17.6 Å². The zero-order chi connectivity index (χ0) is 16.5. The largest absolute Gasteiger partial charge is 1.00 e. The summed E-state index contributed by atoms with van der Waals surface area (Å²) in [7, 11) is 2.37. The van der Waals surface area contributed by atoms with Gasteiger partial charge in [0.05, 0.1) is 26.4 Å². The van der Waals surface area contributed by atoms with Gasteiger partial charge in [0.1, 0.15) is 13.2 Å². The molecule has 0 heterocycles. The van der Waals surface area contributed by atoms with Gasteiger partial charge in [-0.1, -0.05) is 64.4 Å². The molecule has 140 valence electrons. The lowest BCUT2D eigenvalue weighted by Crippen LogP contribution is -3.00. The first kappa shape index (κ1) is 25.2. The highest BCUT2D eigenvalue weighted by atomic mass is 79.9. The highest BCUT2D eigenvalue weighted by Gasteiger charge is 2.17. The number of halogens is 1. The van der Waals surface area contributed by atoms with Gasteiger partial charge < -0.3 is 26.2 Å². The average molecular weight is 392 g/mol. The summed E-state index contributed by atoms with van der Waals surface area (Å²) in [6.45, 7) is 11.0. The van der Waals surface area contributed by atoms with Crippen LogP contribution in [-0.2, 0) is 4.74 Å². The van der Waals surface area contributed by atoms with Gasteiger partial charge in [-0.05, 0) is 26.7 Å². The van der Waals surface area contributed by atoms with E-state index >= 15 is 0 Å². The van der Waals surface area contributed by atoms with Crippen LogP contribution in [-0.4, -0.2) is 37.8 Å². The fraction of sp³-hybridized carbons (Fsp3) is 0.900. The molecule has 0 saturated carbocycles. The van der Waals surface area contributed by atoms with Crippen LogP contribution in [0.3, 0.4) is 0 Å². The van der Waals surface area contributed by atoms with Crippen molar-refractivity contribution in [1.29, 1.82) is 0 Å². The van der Waals surface area contributed by atoms with E-state index in [4.69, 9.17) is 4.74 Å². The molecule has 0 aliphatic heterocycles. The van der Waals surface area contributed by atoms with Crippen molar-refractivity contribution in [2.75, 3.05) is 33.3 Å². The first-order chi connectivity index (χ1) is 10.7. The molecular weight excluding hydrogens is 350 g/mol. The van der Waals surface area contributed by atoms with Crippen LogP contribution in [0.1, 0.15) is 85.0 Å². The predicted octanol–water partition coefficient (Wildman–Crippen LogP) is 2.93. The molecule has 3 heteroatoms. The van der Waals surface area contributed by atoms with Gasteiger partial charge in [0.25, 0.3) is 0 Å². The number of allylic oxidation sites excluding steroid dienone is 1. The minimum atomic E-state index is 0. The second-order valence-corrected chi connectivity index (χ2v) is 6.91. The van der Waals surface area contributed by atoms with E-state index in [2.05, 4.69) is 20.9 Å². The van der Waals surface area contributed by atoms with E-state index in [9.17, 15) is 0 Å². The van der Waals surface area contributed by atoms with Crippen LogP contribution in [0.2, 0.25) is 0 Å². The van der Waals surface area contributed by atoms with Crippen molar-refractivity contribution < 1.29 is 26.2 Å². The third kappa shape index (κ3) is 16.6. The maximum Gasteiger partial charge on any atom is 0.136 e. The van der Waals surface area contributed by atoms with Gasteiger partial charge in [-0.15, -0.1) is 0 Å². The lowest BCUT2D eigenvalue weighted by Gasteiger charge is -2.33. The number of unbranched alkanes of at least 4 members (excludes halogenated alkanes) is 9. The first-order valence-corrected chi connectivity index (χ1v) is 9.75. The van der Waals surface area contributed by atoms with Gasteiger partial charge in [0, 0.05) is 0 Å². The second-order valence-electron chi connectivity index (χ2n) is 6.91. The quantitative estimate of drug-likeness (QED) is 0.223. The SMILES string of the molecule is CC=COCC[N+](C)(CC)CCCCCCCCCCCC.[Br-]. The molecule has 0 amide bonds. The number of ether oxygens (including phenoxy) is 1. The van der Waals surface area contributed by atoms with E-state index in [1.165, 1.54) is 77.3 Å². The fourth-order valence-corrected chi connectivity index (χ4v) is 2.85. The Morgan fingerprint density at radius 3 is 1.78 bits per heavy atom. The normalized spacial score (nSPS) is 13.7. The Morgan fingerprint density at radius 1 is 0.783 bits per heavy atom. The molecule has 0 aromatic rings. The molecule has 1 atom stereocenters. The highest BCUT2D eigenvalue weighted by molar-refractivity contribution is 4.64. The van der Waals surface area contributed by atoms with E-state index in [-0.39, 0.29) is 17.0 Å². The van der Waals surface area contributed by atoms with Gasteiger partial charge in [-0.3, -0.25) is 0 Å². The Hall–Kier alpha value is -0.0200. The summed E-state index contributed by atoms with van der Waals surface area (Å²) in [6, 6.07) is 0. The first-order valence-electron chi connectivity index (χ1n) is 9.75. The Kier molecular flexibility index (Phi) is 20.1. The molecule has 0 N–H and O–H groups in total. The highest BCUT2D eigenvalue weighted by Crippen LogP contribution is 2.12. The molecule has 0 aliphatic rings. The maximum atomic E-state index is 5.48. The van der Waals surface area contributed by atoms with Crippen molar-refractivity contribution in [1.82, 2.24) is 0 Å². The molecule has 0 saturated heterocycles. The van der Waals surface area contributed by atoms with Crippen LogP contribution in [0, 0.1) is 0 Å². The van der Waals surface area contributed by atoms with Crippen LogP contribution in [0.15, 0.2) is 12.3 Å². The van der Waals surface area contributed by atoms with E-state index in [1.807, 2.05) is 13.0 Å². The Morgan fingerprint density at radius 2 is 1.30 bits per heavy atom. The van der Waals surface area contributed by atoms with Gasteiger partial charge in [0.15, 0.2) is 0 Å². The molecule has 0 aromatic heterocycles. The second kappa shape index (κ2) is 18.3. The number of quaternary nitrogens is 1. The third-order valence-corrected chi connectivity index (χ3v) is 4.80. The predicted molar refractivity (Wildman–Crippen MR) is 99.1 cm³/mol. The Labute approximate surface area is 157 Å². The van der Waals surface area contributed by atoms with Crippen molar-refractivity contribution in [3.05, 3.63) is 12.3 Å². The molecular formula is C20H42BrNO. The smallest absolute Gasteiger partial charge is 0.136 e. The number of hydrogen-bond donors (Lipinski definition) is 0. The summed E-state index contributed by atoms with van der Waals surface area (Å²) < 4.78 is 6.63. The minimum absolute atomic E-state index is 0. The average Bonchev–Trinajstić information content (AvgIpc) is 2.53. The standard InChI is InChI=1S/C20H42NO.BrH/c1-5-8-9-10-11-12-13-14-15-16-17-21(4,7-3)18-20-22-19-6-2;/h6,19H,5,7-18,20H2,1-4H3;1H/q+1;/p-1. The van der Waals surface area contributed by atoms with Crippen molar-refractivity contribution in [2.45, 2.75) is 85.0 Å². The monoisotopic (exact) mass is 391 g/mol. The number of rotatable bonds is 16. The zero-order valence-electron chi connectivity index (χ0n) is 16.3. The summed E-state index contributed by atoms with van der Waals surface area (Å²) in [6.07, 6.45) is 18.0. The molecule has 1 unspecified atom stereocenters. The van der Waals surface area contributed by atoms with Gasteiger partial charge in [-0.2, -0.15) is 0 Å². The summed E-state index contributed by atoms with van der Waals surface area (Å²) in [4.78, 5) is 0. The molecule has 0 bridgehead atoms. The Bertz CT molecular complexity index is 258. The minimum Gasteiger partial charge on any atom is -1.00 e. The molecule has 0 aromatic carbocycles. The van der Waals surface area contributed by atoms with Crippen LogP contribution in [0.4, 0.5) is 0 Å². The van der Waals surface area contributed by atoms with Crippen molar-refractivity contribution in [2.24, 2.45) is 0 Å². The molecule has 0 rings (SSSR count). The molecule has 0 spiro atoms. The van der Waals surface area contributed by atoms with E-state index in [0.29, 0.717) is 0 Å². The summed E-state index contributed by atoms with van der Waals surface area (Å²) in [5, 5.41) is 0. The molecule has 2 nitrogen and oxygen atoms in total. The molecule has 0 aliphatic carbocycles. The summed E-state index contributed by atoms with van der Waals surface area (Å²) >= 11 is 0. The molecule has 0 radical (unpaired) electrons. The summed E-state index contributed by atoms with van der Waals surface area (Å²) in [5.74, 6) is 0. The molecule has 0 fully saturated rings. The van der Waals surface area contributed by atoms with Gasteiger partial charge in [0.2, 0.25) is 0 Å². The summed E-state index contributed by atoms with van der Waals surface area (Å²) in [5.41, 5.74) is 0.